The molecule has 1 aliphatic rings. The third-order valence-corrected chi connectivity index (χ3v) is 6.21. The minimum atomic E-state index is -0.387. The predicted molar refractivity (Wildman–Crippen MR) is 134 cm³/mol. The van der Waals surface area contributed by atoms with E-state index in [4.69, 9.17) is 9.47 Å². The van der Waals surface area contributed by atoms with Crippen LogP contribution in [0.3, 0.4) is 0 Å². The van der Waals surface area contributed by atoms with Crippen LogP contribution in [0.15, 0.2) is 90.5 Å². The summed E-state index contributed by atoms with van der Waals surface area (Å²) >= 11 is 0. The van der Waals surface area contributed by atoms with Crippen LogP contribution in [0.25, 0.3) is 5.57 Å². The highest BCUT2D eigenvalue weighted by Gasteiger charge is 2.47. The van der Waals surface area contributed by atoms with Crippen molar-refractivity contribution in [2.24, 2.45) is 0 Å². The molecule has 0 saturated heterocycles. The van der Waals surface area contributed by atoms with Crippen LogP contribution in [0.2, 0.25) is 0 Å². The first kappa shape index (κ1) is 22.0. The summed E-state index contributed by atoms with van der Waals surface area (Å²) in [7, 11) is 0. The van der Waals surface area contributed by atoms with Gasteiger partial charge in [0.25, 0.3) is 0 Å². The van der Waals surface area contributed by atoms with Crippen molar-refractivity contribution >= 4 is 5.57 Å². The van der Waals surface area contributed by atoms with Crippen molar-refractivity contribution in [2.75, 3.05) is 13.2 Å². The highest BCUT2D eigenvalue weighted by atomic mass is 16.5. The van der Waals surface area contributed by atoms with Crippen molar-refractivity contribution < 1.29 is 9.47 Å². The van der Waals surface area contributed by atoms with E-state index in [0.717, 1.165) is 17.9 Å². The molecule has 0 bridgehead atoms. The van der Waals surface area contributed by atoms with Gasteiger partial charge in [0.05, 0.1) is 18.6 Å². The Labute approximate surface area is 192 Å². The van der Waals surface area contributed by atoms with E-state index < -0.39 is 0 Å². The Kier molecular flexibility index (Phi) is 6.50. The SMILES string of the molecule is C/C=C1\C(=C/CC)c2ccccc2C1(c1ccc(OCC)cc1)c1ccc(OCC)cc1. The first-order valence-electron chi connectivity index (χ1n) is 11.6. The van der Waals surface area contributed by atoms with Crippen molar-refractivity contribution in [3.8, 4) is 11.5 Å². The van der Waals surface area contributed by atoms with Gasteiger partial charge in [0.15, 0.2) is 0 Å². The van der Waals surface area contributed by atoms with Gasteiger partial charge in [0.2, 0.25) is 0 Å². The van der Waals surface area contributed by atoms with E-state index in [-0.39, 0.29) is 5.41 Å². The number of rotatable bonds is 7. The standard InChI is InChI=1S/C30H32O2/c1-5-11-26-27-12-9-10-13-29(27)30(28(26)6-2,22-14-18-24(19-15-22)31-7-3)23-16-20-25(21-17-23)32-8-4/h6,9-21H,5,7-8H2,1-4H3/b26-11-,28-6+. The van der Waals surface area contributed by atoms with Crippen LogP contribution in [0.5, 0.6) is 11.5 Å². The van der Waals surface area contributed by atoms with Crippen molar-refractivity contribution in [3.05, 3.63) is 113 Å². The Hall–Kier alpha value is -3.26. The molecule has 0 atom stereocenters. The van der Waals surface area contributed by atoms with Crippen molar-refractivity contribution in [2.45, 2.75) is 39.5 Å². The van der Waals surface area contributed by atoms with Crippen molar-refractivity contribution in [3.63, 3.8) is 0 Å². The van der Waals surface area contributed by atoms with E-state index in [0.29, 0.717) is 13.2 Å². The van der Waals surface area contributed by atoms with Crippen LogP contribution in [-0.4, -0.2) is 13.2 Å². The lowest BCUT2D eigenvalue weighted by molar-refractivity contribution is 0.340. The number of fused-ring (bicyclic) bond motifs is 1. The lowest BCUT2D eigenvalue weighted by atomic mass is 9.67. The molecule has 2 nitrogen and oxygen atoms in total. The Morgan fingerprint density at radius 1 is 0.719 bits per heavy atom. The molecule has 32 heavy (non-hydrogen) atoms. The summed E-state index contributed by atoms with van der Waals surface area (Å²) < 4.78 is 11.5. The number of allylic oxidation sites excluding steroid dienone is 4. The number of ether oxygens (including phenoxy) is 2. The van der Waals surface area contributed by atoms with Gasteiger partial charge in [-0.15, -0.1) is 0 Å². The van der Waals surface area contributed by atoms with Gasteiger partial charge >= 0.3 is 0 Å². The molecule has 4 rings (SSSR count). The van der Waals surface area contributed by atoms with Gasteiger partial charge in [0, 0.05) is 0 Å². The van der Waals surface area contributed by atoms with Crippen molar-refractivity contribution in [1.82, 2.24) is 0 Å². The fraction of sp³-hybridized carbons (Fsp3) is 0.267. The van der Waals surface area contributed by atoms with Gasteiger partial charge in [-0.3, -0.25) is 0 Å². The molecule has 1 aliphatic carbocycles. The van der Waals surface area contributed by atoms with E-state index in [1.165, 1.54) is 33.4 Å². The first-order chi connectivity index (χ1) is 15.7. The molecular weight excluding hydrogens is 392 g/mol. The molecule has 0 saturated carbocycles. The molecule has 2 heteroatoms. The van der Waals surface area contributed by atoms with Crippen LogP contribution in [0.4, 0.5) is 0 Å². The van der Waals surface area contributed by atoms with Gasteiger partial charge in [-0.1, -0.05) is 67.6 Å². The molecule has 164 valence electrons. The average Bonchev–Trinajstić information content (AvgIpc) is 3.11. The molecule has 0 unspecified atom stereocenters. The van der Waals surface area contributed by atoms with E-state index >= 15 is 0 Å². The van der Waals surface area contributed by atoms with E-state index in [1.54, 1.807) is 0 Å². The number of hydrogen-bond donors (Lipinski definition) is 0. The van der Waals surface area contributed by atoms with Crippen LogP contribution in [0.1, 0.15) is 56.4 Å². The molecule has 0 aromatic heterocycles. The maximum absolute atomic E-state index is 5.74. The Bertz CT molecular complexity index is 1070. The lowest BCUT2D eigenvalue weighted by Gasteiger charge is -2.34. The lowest BCUT2D eigenvalue weighted by Crippen LogP contribution is -2.28. The molecular formula is C30H32O2. The first-order valence-corrected chi connectivity index (χ1v) is 11.6. The topological polar surface area (TPSA) is 18.5 Å². The Balaban J connectivity index is 2.03. The summed E-state index contributed by atoms with van der Waals surface area (Å²) in [4.78, 5) is 0. The Morgan fingerprint density at radius 3 is 1.72 bits per heavy atom. The average molecular weight is 425 g/mol. The zero-order chi connectivity index (χ0) is 22.6. The summed E-state index contributed by atoms with van der Waals surface area (Å²) in [5, 5.41) is 0. The third kappa shape index (κ3) is 3.54. The summed E-state index contributed by atoms with van der Waals surface area (Å²) in [5.74, 6) is 1.80. The van der Waals surface area contributed by atoms with E-state index in [1.807, 2.05) is 13.8 Å². The van der Waals surface area contributed by atoms with Gasteiger partial charge in [-0.2, -0.15) is 0 Å². The van der Waals surface area contributed by atoms with E-state index in [2.05, 4.69) is 98.8 Å². The molecule has 0 amide bonds. The zero-order valence-corrected chi connectivity index (χ0v) is 19.5. The second-order valence-corrected chi connectivity index (χ2v) is 7.94. The van der Waals surface area contributed by atoms with Gasteiger partial charge in [0.1, 0.15) is 11.5 Å². The molecule has 0 radical (unpaired) electrons. The summed E-state index contributed by atoms with van der Waals surface area (Å²) in [6.45, 7) is 9.72. The van der Waals surface area contributed by atoms with Crippen LogP contribution in [0, 0.1) is 0 Å². The molecule has 0 heterocycles. The van der Waals surface area contributed by atoms with Gasteiger partial charge < -0.3 is 9.47 Å². The largest absolute Gasteiger partial charge is 0.494 e. The summed E-state index contributed by atoms with van der Waals surface area (Å²) in [5.41, 5.74) is 7.38. The molecule has 0 fully saturated rings. The highest BCUT2D eigenvalue weighted by molar-refractivity contribution is 5.94. The molecule has 3 aromatic rings. The van der Waals surface area contributed by atoms with Crippen LogP contribution in [-0.2, 0) is 5.41 Å². The normalized spacial score (nSPS) is 16.9. The molecule has 0 aliphatic heterocycles. The van der Waals surface area contributed by atoms with E-state index in [9.17, 15) is 0 Å². The second kappa shape index (κ2) is 9.48. The third-order valence-electron chi connectivity index (χ3n) is 6.21. The number of benzene rings is 3. The minimum Gasteiger partial charge on any atom is -0.494 e. The molecule has 3 aromatic carbocycles. The maximum Gasteiger partial charge on any atom is 0.119 e. The van der Waals surface area contributed by atoms with Crippen LogP contribution < -0.4 is 9.47 Å². The summed E-state index contributed by atoms with van der Waals surface area (Å²) in [6, 6.07) is 26.1. The predicted octanol–water partition coefficient (Wildman–Crippen LogP) is 7.57. The molecule has 0 spiro atoms. The second-order valence-electron chi connectivity index (χ2n) is 7.94. The van der Waals surface area contributed by atoms with Crippen molar-refractivity contribution in [1.29, 1.82) is 0 Å². The minimum absolute atomic E-state index is 0.387. The number of hydrogen-bond acceptors (Lipinski definition) is 2. The Morgan fingerprint density at radius 2 is 1.25 bits per heavy atom. The quantitative estimate of drug-likeness (QED) is 0.389. The highest BCUT2D eigenvalue weighted by Crippen LogP contribution is 2.57. The smallest absolute Gasteiger partial charge is 0.119 e. The maximum atomic E-state index is 5.74. The van der Waals surface area contributed by atoms with Crippen LogP contribution >= 0.6 is 0 Å². The fourth-order valence-electron chi connectivity index (χ4n) is 5.06. The zero-order valence-electron chi connectivity index (χ0n) is 19.5. The van der Waals surface area contributed by atoms with Gasteiger partial charge in [-0.05, 0) is 84.9 Å². The monoisotopic (exact) mass is 424 g/mol. The fourth-order valence-corrected chi connectivity index (χ4v) is 5.06. The molecule has 0 N–H and O–H groups in total. The summed E-state index contributed by atoms with van der Waals surface area (Å²) in [6.07, 6.45) is 5.64. The van der Waals surface area contributed by atoms with Gasteiger partial charge in [-0.25, -0.2) is 0 Å².